The summed E-state index contributed by atoms with van der Waals surface area (Å²) in [5.74, 6) is -1.07. The molecule has 0 fully saturated rings. The molecule has 2 amide bonds. The van der Waals surface area contributed by atoms with Gasteiger partial charge in [-0.3, -0.25) is 4.79 Å². The van der Waals surface area contributed by atoms with E-state index in [0.29, 0.717) is 6.42 Å². The lowest BCUT2D eigenvalue weighted by Crippen LogP contribution is -2.48. The van der Waals surface area contributed by atoms with Crippen molar-refractivity contribution < 1.29 is 23.9 Å². The smallest absolute Gasteiger partial charge is 0.329 e. The summed E-state index contributed by atoms with van der Waals surface area (Å²) in [6.07, 6.45) is 0.298. The van der Waals surface area contributed by atoms with Crippen molar-refractivity contribution in [2.24, 2.45) is 0 Å². The largest absolute Gasteiger partial charge is 0.465 e. The summed E-state index contributed by atoms with van der Waals surface area (Å²) in [4.78, 5) is 35.0. The van der Waals surface area contributed by atoms with Gasteiger partial charge in [0.2, 0.25) is 0 Å². The average molecular weight is 322 g/mol. The molecule has 1 atom stereocenters. The third kappa shape index (κ3) is 7.30. The van der Waals surface area contributed by atoms with Gasteiger partial charge in [0.05, 0.1) is 13.2 Å². The first kappa shape index (κ1) is 18.5. The molecule has 1 aromatic carbocycles. The maximum Gasteiger partial charge on any atom is 0.329 e. The van der Waals surface area contributed by atoms with Gasteiger partial charge in [0.1, 0.15) is 12.6 Å². The highest BCUT2D eigenvalue weighted by molar-refractivity contribution is 5.85. The topological polar surface area (TPSA) is 93.7 Å². The van der Waals surface area contributed by atoms with Gasteiger partial charge in [-0.05, 0) is 19.4 Å². The van der Waals surface area contributed by atoms with Crippen molar-refractivity contribution in [1.29, 1.82) is 0 Å². The molecule has 0 aliphatic heterocycles. The van der Waals surface area contributed by atoms with Gasteiger partial charge in [-0.15, -0.1) is 0 Å². The van der Waals surface area contributed by atoms with E-state index in [0.717, 1.165) is 5.56 Å². The minimum Gasteiger partial charge on any atom is -0.465 e. The van der Waals surface area contributed by atoms with Gasteiger partial charge in [-0.25, -0.2) is 9.59 Å². The molecule has 0 saturated carbocycles. The summed E-state index contributed by atoms with van der Waals surface area (Å²) in [5.41, 5.74) is 0.885. The zero-order valence-corrected chi connectivity index (χ0v) is 13.3. The molecule has 0 aromatic heterocycles. The van der Waals surface area contributed by atoms with Gasteiger partial charge in [-0.2, -0.15) is 0 Å². The molecule has 7 heteroatoms. The Morgan fingerprint density at radius 1 is 1.04 bits per heavy atom. The molecule has 1 aromatic rings. The highest BCUT2D eigenvalue weighted by Gasteiger charge is 2.22. The maximum absolute atomic E-state index is 12.0. The average Bonchev–Trinajstić information content (AvgIpc) is 2.54. The Morgan fingerprint density at radius 2 is 1.70 bits per heavy atom. The van der Waals surface area contributed by atoms with Gasteiger partial charge >= 0.3 is 18.0 Å². The zero-order valence-electron chi connectivity index (χ0n) is 13.3. The monoisotopic (exact) mass is 322 g/mol. The molecule has 0 heterocycles. The predicted molar refractivity (Wildman–Crippen MR) is 83.7 cm³/mol. The van der Waals surface area contributed by atoms with Crippen molar-refractivity contribution in [3.05, 3.63) is 35.9 Å². The Morgan fingerprint density at radius 3 is 2.30 bits per heavy atom. The number of carbonyl (C=O) groups excluding carboxylic acids is 3. The summed E-state index contributed by atoms with van der Waals surface area (Å²) < 4.78 is 9.67. The second-order valence-corrected chi connectivity index (χ2v) is 4.63. The molecule has 126 valence electrons. The van der Waals surface area contributed by atoms with Crippen LogP contribution in [0.1, 0.15) is 19.4 Å². The number of nitrogens with one attached hydrogen (secondary N) is 2. The van der Waals surface area contributed by atoms with Crippen LogP contribution in [0.2, 0.25) is 0 Å². The van der Waals surface area contributed by atoms with Crippen LogP contribution in [0, 0.1) is 0 Å². The Hall–Kier alpha value is -2.57. The van der Waals surface area contributed by atoms with Crippen LogP contribution in [-0.4, -0.2) is 43.8 Å². The lowest BCUT2D eigenvalue weighted by atomic mass is 10.1. The Kier molecular flexibility index (Phi) is 8.20. The standard InChI is InChI=1S/C16H22N2O5/c1-3-22-14(19)11-17-16(21)18-13(15(20)23-4-2)10-12-8-6-5-7-9-12/h5-9,13H,3-4,10-11H2,1-2H3,(H2,17,18,21)/t13-/m0/s1. The highest BCUT2D eigenvalue weighted by atomic mass is 16.5. The Balaban J connectivity index is 2.60. The molecule has 0 aliphatic carbocycles. The van der Waals surface area contributed by atoms with Gasteiger partial charge < -0.3 is 20.1 Å². The minimum absolute atomic E-state index is 0.218. The minimum atomic E-state index is -0.834. The van der Waals surface area contributed by atoms with E-state index in [9.17, 15) is 14.4 Å². The fourth-order valence-electron chi connectivity index (χ4n) is 1.86. The van der Waals surface area contributed by atoms with Crippen molar-refractivity contribution in [3.63, 3.8) is 0 Å². The van der Waals surface area contributed by atoms with E-state index in [1.54, 1.807) is 13.8 Å². The van der Waals surface area contributed by atoms with Crippen LogP contribution >= 0.6 is 0 Å². The molecular formula is C16H22N2O5. The quantitative estimate of drug-likeness (QED) is 0.697. The molecule has 0 radical (unpaired) electrons. The van der Waals surface area contributed by atoms with Crippen LogP contribution < -0.4 is 10.6 Å². The number of hydrogen-bond donors (Lipinski definition) is 2. The maximum atomic E-state index is 12.0. The van der Waals surface area contributed by atoms with E-state index in [4.69, 9.17) is 9.47 Å². The molecule has 23 heavy (non-hydrogen) atoms. The number of hydrogen-bond acceptors (Lipinski definition) is 5. The SMILES string of the molecule is CCOC(=O)CNC(=O)N[C@@H](Cc1ccccc1)C(=O)OCC. The van der Waals surface area contributed by atoms with E-state index in [1.165, 1.54) is 0 Å². The van der Waals surface area contributed by atoms with Gasteiger partial charge in [0.15, 0.2) is 0 Å². The summed E-state index contributed by atoms with van der Waals surface area (Å²) in [5, 5.41) is 4.86. The van der Waals surface area contributed by atoms with E-state index >= 15 is 0 Å². The molecule has 0 spiro atoms. The van der Waals surface area contributed by atoms with Crippen LogP contribution in [0.3, 0.4) is 0 Å². The van der Waals surface area contributed by atoms with E-state index in [1.807, 2.05) is 30.3 Å². The lowest BCUT2D eigenvalue weighted by molar-refractivity contribution is -0.145. The molecule has 7 nitrogen and oxygen atoms in total. The number of rotatable bonds is 8. The van der Waals surface area contributed by atoms with E-state index < -0.39 is 24.0 Å². The molecule has 0 saturated heterocycles. The van der Waals surface area contributed by atoms with Crippen molar-refractivity contribution in [1.82, 2.24) is 10.6 Å². The fourth-order valence-corrected chi connectivity index (χ4v) is 1.86. The molecule has 0 bridgehead atoms. The molecular weight excluding hydrogens is 300 g/mol. The predicted octanol–water partition coefficient (Wildman–Crippen LogP) is 1.02. The van der Waals surface area contributed by atoms with E-state index in [2.05, 4.69) is 10.6 Å². The number of carbonyl (C=O) groups is 3. The van der Waals surface area contributed by atoms with Gasteiger partial charge in [-0.1, -0.05) is 30.3 Å². The number of benzene rings is 1. The number of esters is 2. The number of ether oxygens (including phenoxy) is 2. The molecule has 0 unspecified atom stereocenters. The first-order valence-electron chi connectivity index (χ1n) is 7.47. The van der Waals surface area contributed by atoms with Gasteiger partial charge in [0, 0.05) is 6.42 Å². The second-order valence-electron chi connectivity index (χ2n) is 4.63. The molecule has 1 rings (SSSR count). The van der Waals surface area contributed by atoms with Crippen LogP contribution in [0.4, 0.5) is 4.79 Å². The summed E-state index contributed by atoms with van der Waals surface area (Å²) in [6, 6.07) is 7.79. The number of amides is 2. The molecule has 2 N–H and O–H groups in total. The fraction of sp³-hybridized carbons (Fsp3) is 0.438. The third-order valence-corrected chi connectivity index (χ3v) is 2.86. The van der Waals surface area contributed by atoms with Crippen molar-refractivity contribution in [2.75, 3.05) is 19.8 Å². The van der Waals surface area contributed by atoms with Crippen LogP contribution in [0.5, 0.6) is 0 Å². The summed E-state index contributed by atoms with van der Waals surface area (Å²) in [7, 11) is 0. The van der Waals surface area contributed by atoms with Crippen LogP contribution in [0.15, 0.2) is 30.3 Å². The van der Waals surface area contributed by atoms with E-state index in [-0.39, 0.29) is 19.8 Å². The third-order valence-electron chi connectivity index (χ3n) is 2.86. The van der Waals surface area contributed by atoms with Crippen LogP contribution in [-0.2, 0) is 25.5 Å². The summed E-state index contributed by atoms with van der Waals surface area (Å²) in [6.45, 7) is 3.56. The highest BCUT2D eigenvalue weighted by Crippen LogP contribution is 2.04. The van der Waals surface area contributed by atoms with Crippen molar-refractivity contribution in [2.45, 2.75) is 26.3 Å². The first-order chi connectivity index (χ1) is 11.1. The first-order valence-corrected chi connectivity index (χ1v) is 7.47. The number of urea groups is 1. The molecule has 0 aliphatic rings. The lowest BCUT2D eigenvalue weighted by Gasteiger charge is -2.17. The second kappa shape index (κ2) is 10.2. The summed E-state index contributed by atoms with van der Waals surface area (Å²) >= 11 is 0. The zero-order chi connectivity index (χ0) is 17.1. The Bertz CT molecular complexity index is 518. The Labute approximate surface area is 135 Å². The van der Waals surface area contributed by atoms with Crippen LogP contribution in [0.25, 0.3) is 0 Å². The normalized spacial score (nSPS) is 11.2. The van der Waals surface area contributed by atoms with Crippen molar-refractivity contribution in [3.8, 4) is 0 Å². The van der Waals surface area contributed by atoms with Gasteiger partial charge in [0.25, 0.3) is 0 Å². The van der Waals surface area contributed by atoms with Crippen molar-refractivity contribution >= 4 is 18.0 Å².